The van der Waals surface area contributed by atoms with Crippen molar-refractivity contribution in [2.24, 2.45) is 0 Å². The van der Waals surface area contributed by atoms with Crippen LogP contribution in [0.3, 0.4) is 0 Å². The number of ether oxygens (including phenoxy) is 4. The van der Waals surface area contributed by atoms with Crippen molar-refractivity contribution < 1.29 is 18.9 Å². The van der Waals surface area contributed by atoms with Crippen molar-refractivity contribution in [3.63, 3.8) is 0 Å². The van der Waals surface area contributed by atoms with E-state index in [1.807, 2.05) is 48.5 Å². The molecule has 5 heterocycles. The molecule has 0 bridgehead atoms. The number of anilines is 9. The van der Waals surface area contributed by atoms with Crippen molar-refractivity contribution in [1.29, 1.82) is 0 Å². The van der Waals surface area contributed by atoms with Gasteiger partial charge in [-0.1, -0.05) is 151 Å². The first kappa shape index (κ1) is 43.5. The predicted octanol–water partition coefficient (Wildman–Crippen LogP) is 13.8. The van der Waals surface area contributed by atoms with Crippen molar-refractivity contribution in [3.8, 4) is 46.0 Å². The van der Waals surface area contributed by atoms with E-state index in [2.05, 4.69) is 216 Å². The first-order chi connectivity index (χ1) is 38.1. The molecule has 362 valence electrons. The molecule has 0 spiro atoms. The van der Waals surface area contributed by atoms with Gasteiger partial charge in [0.15, 0.2) is 23.0 Å². The third-order valence-electron chi connectivity index (χ3n) is 15.9. The third kappa shape index (κ3) is 6.80. The minimum Gasteiger partial charge on any atom is -0.458 e. The summed E-state index contributed by atoms with van der Waals surface area (Å²) in [6.07, 6.45) is 0.712. The standard InChI is InChI=1S/C68H45B2N3O4/c1-43-36-47(72-53-26-10-16-32-61(53)76-62-33-17-11-27-54(62)72)40-65-67(43)69(49-24-8-14-30-59(49)74-65)51-42-52-57(38-45(51)37-44-20-4-2-5-21-44)71(46-22-6-3-7-23-46)58-39-48(41-66-68(58)70(52)50-25-9-15-31-60(50)75-66)73-55-28-12-18-34-63(55)77-64-35-19-13-29-56(64)73/h2-36,38-42H,37H2,1H3. The lowest BCUT2D eigenvalue weighted by atomic mass is 9.31. The van der Waals surface area contributed by atoms with E-state index in [1.165, 1.54) is 22.1 Å². The summed E-state index contributed by atoms with van der Waals surface area (Å²) in [6.45, 7) is 1.90. The van der Waals surface area contributed by atoms with Crippen molar-refractivity contribution in [2.75, 3.05) is 14.7 Å². The Morgan fingerprint density at radius 1 is 0.299 bits per heavy atom. The number of fused-ring (bicyclic) bond motifs is 10. The van der Waals surface area contributed by atoms with Crippen LogP contribution in [0.15, 0.2) is 243 Å². The van der Waals surface area contributed by atoms with E-state index in [0.29, 0.717) is 6.42 Å². The van der Waals surface area contributed by atoms with Crippen LogP contribution in [0.1, 0.15) is 16.7 Å². The zero-order chi connectivity index (χ0) is 50.7. The average molecular weight is 990 g/mol. The van der Waals surface area contributed by atoms with Crippen molar-refractivity contribution in [1.82, 2.24) is 0 Å². The molecule has 5 aliphatic rings. The Bertz CT molecular complexity index is 4140. The molecule has 11 aromatic carbocycles. The Morgan fingerprint density at radius 2 is 0.714 bits per heavy atom. The van der Waals surface area contributed by atoms with Crippen LogP contribution in [0.25, 0.3) is 0 Å². The fourth-order valence-electron chi connectivity index (χ4n) is 12.7. The fourth-order valence-corrected chi connectivity index (χ4v) is 12.7. The molecule has 0 fully saturated rings. The monoisotopic (exact) mass is 989 g/mol. The van der Waals surface area contributed by atoms with E-state index in [1.54, 1.807) is 0 Å². The molecule has 77 heavy (non-hydrogen) atoms. The van der Waals surface area contributed by atoms with Crippen LogP contribution in [0.5, 0.6) is 46.0 Å². The van der Waals surface area contributed by atoms with E-state index in [9.17, 15) is 0 Å². The first-order valence-corrected chi connectivity index (χ1v) is 26.3. The molecule has 0 saturated heterocycles. The highest BCUT2D eigenvalue weighted by Crippen LogP contribution is 2.54. The Labute approximate surface area is 447 Å². The molecule has 5 aliphatic heterocycles. The van der Waals surface area contributed by atoms with Gasteiger partial charge in [0.1, 0.15) is 23.0 Å². The highest BCUT2D eigenvalue weighted by atomic mass is 16.5. The summed E-state index contributed by atoms with van der Waals surface area (Å²) >= 11 is 0. The number of aryl methyl sites for hydroxylation is 1. The summed E-state index contributed by atoms with van der Waals surface area (Å²) in [5.74, 6) is 6.56. The SMILES string of the molecule is Cc1cc(N2c3ccccc3Oc3ccccc32)cc2c1B(c1cc3c(cc1Cc1ccccc1)N(c1ccccc1)c1cc(N4c5ccccc5Oc5ccccc54)cc4c1B3c1ccccc1O4)c1ccccc1O2. The maximum atomic E-state index is 7.18. The van der Waals surface area contributed by atoms with Gasteiger partial charge in [-0.2, -0.15) is 0 Å². The smallest absolute Gasteiger partial charge is 0.256 e. The summed E-state index contributed by atoms with van der Waals surface area (Å²) in [5, 5.41) is 0. The summed E-state index contributed by atoms with van der Waals surface area (Å²) in [6, 6.07) is 86.2. The van der Waals surface area contributed by atoms with Crippen LogP contribution in [0.4, 0.5) is 51.2 Å². The number of hydrogen-bond donors (Lipinski definition) is 0. The van der Waals surface area contributed by atoms with Gasteiger partial charge in [0, 0.05) is 29.2 Å². The Balaban J connectivity index is 0.950. The van der Waals surface area contributed by atoms with Gasteiger partial charge < -0.3 is 33.6 Å². The minimum atomic E-state index is -0.178. The number of rotatable bonds is 6. The Morgan fingerprint density at radius 3 is 1.26 bits per heavy atom. The highest BCUT2D eigenvalue weighted by Gasteiger charge is 2.45. The van der Waals surface area contributed by atoms with Gasteiger partial charge in [0.25, 0.3) is 13.4 Å². The largest absolute Gasteiger partial charge is 0.458 e. The molecule has 9 heteroatoms. The Kier molecular flexibility index (Phi) is 9.67. The minimum absolute atomic E-state index is 0.165. The van der Waals surface area contributed by atoms with Crippen molar-refractivity contribution >= 4 is 97.4 Å². The molecular formula is C68H45B2N3O4. The molecule has 0 aliphatic carbocycles. The molecule has 0 aromatic heterocycles. The lowest BCUT2D eigenvalue weighted by molar-refractivity contribution is 0.476. The molecular weight excluding hydrogens is 944 g/mol. The van der Waals surface area contributed by atoms with Crippen LogP contribution in [0, 0.1) is 6.92 Å². The lowest BCUT2D eigenvalue weighted by Crippen LogP contribution is -2.62. The van der Waals surface area contributed by atoms with Crippen molar-refractivity contribution in [3.05, 3.63) is 259 Å². The highest BCUT2D eigenvalue weighted by molar-refractivity contribution is 7.01. The fraction of sp³-hybridized carbons (Fsp3) is 0.0294. The van der Waals surface area contributed by atoms with Crippen LogP contribution in [-0.2, 0) is 6.42 Å². The molecule has 0 radical (unpaired) electrons. The lowest BCUT2D eigenvalue weighted by Gasteiger charge is -2.42. The van der Waals surface area contributed by atoms with Gasteiger partial charge in [-0.3, -0.25) is 0 Å². The summed E-state index contributed by atoms with van der Waals surface area (Å²) < 4.78 is 27.3. The second-order valence-corrected chi connectivity index (χ2v) is 20.4. The molecule has 0 unspecified atom stereocenters. The van der Waals surface area contributed by atoms with Gasteiger partial charge >= 0.3 is 0 Å². The van der Waals surface area contributed by atoms with Gasteiger partial charge in [-0.15, -0.1) is 0 Å². The quantitative estimate of drug-likeness (QED) is 0.154. The second kappa shape index (κ2) is 17.1. The molecule has 16 rings (SSSR count). The number of hydrogen-bond acceptors (Lipinski definition) is 7. The molecule has 0 N–H and O–H groups in total. The predicted molar refractivity (Wildman–Crippen MR) is 313 cm³/mol. The number of benzene rings is 11. The van der Waals surface area contributed by atoms with Crippen LogP contribution in [-0.4, -0.2) is 13.4 Å². The van der Waals surface area contributed by atoms with Gasteiger partial charge in [-0.05, 0) is 143 Å². The van der Waals surface area contributed by atoms with E-state index in [-0.39, 0.29) is 13.4 Å². The Hall–Kier alpha value is -9.85. The second-order valence-electron chi connectivity index (χ2n) is 20.4. The van der Waals surface area contributed by atoms with E-state index in [0.717, 1.165) is 125 Å². The zero-order valence-corrected chi connectivity index (χ0v) is 41.9. The average Bonchev–Trinajstić information content (AvgIpc) is 3.55. The molecule has 7 nitrogen and oxygen atoms in total. The number of nitrogens with zero attached hydrogens (tertiary/aromatic N) is 3. The van der Waals surface area contributed by atoms with E-state index >= 15 is 0 Å². The summed E-state index contributed by atoms with van der Waals surface area (Å²) in [4.78, 5) is 7.10. The first-order valence-electron chi connectivity index (χ1n) is 26.3. The van der Waals surface area contributed by atoms with Gasteiger partial charge in [-0.25, -0.2) is 0 Å². The third-order valence-corrected chi connectivity index (χ3v) is 15.9. The van der Waals surface area contributed by atoms with Crippen LogP contribution in [0.2, 0.25) is 0 Å². The van der Waals surface area contributed by atoms with Crippen LogP contribution >= 0.6 is 0 Å². The molecule has 11 aromatic rings. The van der Waals surface area contributed by atoms with Crippen molar-refractivity contribution in [2.45, 2.75) is 13.3 Å². The van der Waals surface area contributed by atoms with Crippen LogP contribution < -0.4 is 66.4 Å². The molecule has 0 amide bonds. The van der Waals surface area contributed by atoms with E-state index in [4.69, 9.17) is 18.9 Å². The number of para-hydroxylation sites is 11. The van der Waals surface area contributed by atoms with E-state index < -0.39 is 0 Å². The normalized spacial score (nSPS) is 13.6. The maximum Gasteiger partial charge on any atom is 0.256 e. The van der Waals surface area contributed by atoms with Gasteiger partial charge in [0.2, 0.25) is 0 Å². The summed E-state index contributed by atoms with van der Waals surface area (Å²) in [5.41, 5.74) is 19.7. The zero-order valence-electron chi connectivity index (χ0n) is 41.9. The maximum absolute atomic E-state index is 7.18. The molecule has 0 atom stereocenters. The summed E-state index contributed by atoms with van der Waals surface area (Å²) in [7, 11) is 0. The van der Waals surface area contributed by atoms with Gasteiger partial charge in [0.05, 0.1) is 34.1 Å². The topological polar surface area (TPSA) is 46.6 Å². The molecule has 0 saturated carbocycles.